The van der Waals surface area contributed by atoms with Crippen LogP contribution in [0, 0.1) is 11.8 Å². The minimum Gasteiger partial charge on any atom is -0.493 e. The van der Waals surface area contributed by atoms with E-state index in [1.165, 1.54) is 0 Å². The Bertz CT molecular complexity index is 607. The molecule has 0 aromatic heterocycles. The number of amides is 2. The van der Waals surface area contributed by atoms with Gasteiger partial charge in [-0.1, -0.05) is 13.8 Å². The zero-order valence-electron chi connectivity index (χ0n) is 15.5. The first-order chi connectivity index (χ1) is 12.0. The number of benzene rings is 1. The van der Waals surface area contributed by atoms with E-state index in [4.69, 9.17) is 9.47 Å². The fourth-order valence-corrected chi connectivity index (χ4v) is 2.95. The van der Waals surface area contributed by atoms with Crippen LogP contribution in [0.3, 0.4) is 0 Å². The Kier molecular flexibility index (Phi) is 6.67. The van der Waals surface area contributed by atoms with Gasteiger partial charge in [0.15, 0.2) is 11.5 Å². The summed E-state index contributed by atoms with van der Waals surface area (Å²) in [6, 6.07) is 5.17. The summed E-state index contributed by atoms with van der Waals surface area (Å²) in [7, 11) is 3.11. The van der Waals surface area contributed by atoms with Gasteiger partial charge in [-0.15, -0.1) is 0 Å². The Morgan fingerprint density at radius 2 is 1.80 bits per heavy atom. The first-order valence-electron chi connectivity index (χ1n) is 8.75. The fraction of sp³-hybridized carbons (Fsp3) is 0.579. The largest absolute Gasteiger partial charge is 0.493 e. The molecule has 1 aromatic carbocycles. The molecule has 6 nitrogen and oxygen atoms in total. The van der Waals surface area contributed by atoms with Crippen molar-refractivity contribution in [1.29, 1.82) is 0 Å². The minimum atomic E-state index is -0.0398. The number of nitrogens with one attached hydrogen (secondary N) is 1. The summed E-state index contributed by atoms with van der Waals surface area (Å²) in [5.74, 6) is 1.63. The van der Waals surface area contributed by atoms with Crippen molar-refractivity contribution in [3.8, 4) is 11.5 Å². The van der Waals surface area contributed by atoms with E-state index < -0.39 is 0 Å². The van der Waals surface area contributed by atoms with Gasteiger partial charge < -0.3 is 19.7 Å². The molecule has 1 aromatic rings. The van der Waals surface area contributed by atoms with E-state index in [2.05, 4.69) is 19.2 Å². The van der Waals surface area contributed by atoms with Crippen molar-refractivity contribution < 1.29 is 19.1 Å². The zero-order valence-corrected chi connectivity index (χ0v) is 15.5. The van der Waals surface area contributed by atoms with E-state index in [0.717, 1.165) is 0 Å². The van der Waals surface area contributed by atoms with Crippen molar-refractivity contribution in [1.82, 2.24) is 10.2 Å². The lowest BCUT2D eigenvalue weighted by atomic mass is 9.95. The number of piperidine rings is 1. The smallest absolute Gasteiger partial charge is 0.253 e. The summed E-state index contributed by atoms with van der Waals surface area (Å²) in [6.07, 6.45) is 1.39. The Labute approximate surface area is 149 Å². The summed E-state index contributed by atoms with van der Waals surface area (Å²) in [4.78, 5) is 26.6. The van der Waals surface area contributed by atoms with Crippen LogP contribution in [0.15, 0.2) is 18.2 Å². The van der Waals surface area contributed by atoms with E-state index >= 15 is 0 Å². The molecule has 1 saturated heterocycles. The van der Waals surface area contributed by atoms with Gasteiger partial charge in [0.25, 0.3) is 5.91 Å². The Morgan fingerprint density at radius 3 is 2.36 bits per heavy atom. The second-order valence-corrected chi connectivity index (χ2v) is 6.78. The Hall–Kier alpha value is -2.24. The van der Waals surface area contributed by atoms with Crippen LogP contribution in [0.5, 0.6) is 11.5 Å². The van der Waals surface area contributed by atoms with E-state index in [0.29, 0.717) is 55.5 Å². The molecule has 0 aliphatic carbocycles. The second kappa shape index (κ2) is 8.74. The molecule has 2 amide bonds. The summed E-state index contributed by atoms with van der Waals surface area (Å²) in [5, 5.41) is 2.98. The number of hydrogen-bond acceptors (Lipinski definition) is 4. The van der Waals surface area contributed by atoms with Gasteiger partial charge >= 0.3 is 0 Å². The maximum Gasteiger partial charge on any atom is 0.253 e. The number of likely N-dealkylation sites (tertiary alicyclic amines) is 1. The average molecular weight is 348 g/mol. The van der Waals surface area contributed by atoms with Crippen LogP contribution >= 0.6 is 0 Å². The van der Waals surface area contributed by atoms with Gasteiger partial charge in [-0.05, 0) is 37.0 Å². The highest BCUT2D eigenvalue weighted by atomic mass is 16.5. The van der Waals surface area contributed by atoms with Crippen molar-refractivity contribution in [2.75, 3.05) is 33.9 Å². The standard InChI is InChI=1S/C19H28N2O4/c1-13(2)12-20-18(22)14-7-9-21(10-8-14)19(23)15-5-6-16(24-3)17(11-15)25-4/h5-6,11,13-14H,7-10,12H2,1-4H3,(H,20,22). The van der Waals surface area contributed by atoms with Crippen LogP contribution in [-0.4, -0.2) is 50.6 Å². The lowest BCUT2D eigenvalue weighted by Gasteiger charge is -2.31. The van der Waals surface area contributed by atoms with Crippen molar-refractivity contribution in [2.45, 2.75) is 26.7 Å². The molecule has 25 heavy (non-hydrogen) atoms. The highest BCUT2D eigenvalue weighted by Crippen LogP contribution is 2.28. The SMILES string of the molecule is COc1ccc(C(=O)N2CCC(C(=O)NCC(C)C)CC2)cc1OC. The predicted molar refractivity (Wildman–Crippen MR) is 96.0 cm³/mol. The number of nitrogens with zero attached hydrogens (tertiary/aromatic N) is 1. The number of methoxy groups -OCH3 is 2. The van der Waals surface area contributed by atoms with Gasteiger partial charge in [-0.3, -0.25) is 9.59 Å². The topological polar surface area (TPSA) is 67.9 Å². The average Bonchev–Trinajstić information content (AvgIpc) is 2.64. The third-order valence-electron chi connectivity index (χ3n) is 4.47. The number of hydrogen-bond donors (Lipinski definition) is 1. The normalized spacial score (nSPS) is 15.2. The number of rotatable bonds is 6. The van der Waals surface area contributed by atoms with Crippen molar-refractivity contribution in [3.05, 3.63) is 23.8 Å². The monoisotopic (exact) mass is 348 g/mol. The lowest BCUT2D eigenvalue weighted by Crippen LogP contribution is -2.43. The molecule has 1 aliphatic rings. The molecule has 0 atom stereocenters. The van der Waals surface area contributed by atoms with E-state index in [1.807, 2.05) is 0 Å². The third-order valence-corrected chi connectivity index (χ3v) is 4.47. The minimum absolute atomic E-state index is 0.00629. The van der Waals surface area contributed by atoms with Crippen LogP contribution in [0.25, 0.3) is 0 Å². The van der Waals surface area contributed by atoms with Gasteiger partial charge in [0.05, 0.1) is 14.2 Å². The van der Waals surface area contributed by atoms with Crippen LogP contribution in [-0.2, 0) is 4.79 Å². The van der Waals surface area contributed by atoms with Gasteiger partial charge in [-0.25, -0.2) is 0 Å². The molecule has 1 N–H and O–H groups in total. The molecule has 0 unspecified atom stereocenters. The van der Waals surface area contributed by atoms with Gasteiger partial charge in [0.1, 0.15) is 0 Å². The molecule has 0 bridgehead atoms. The fourth-order valence-electron chi connectivity index (χ4n) is 2.95. The van der Waals surface area contributed by atoms with Crippen LogP contribution in [0.1, 0.15) is 37.0 Å². The van der Waals surface area contributed by atoms with Crippen LogP contribution < -0.4 is 14.8 Å². The Morgan fingerprint density at radius 1 is 1.16 bits per heavy atom. The molecule has 1 fully saturated rings. The quantitative estimate of drug-likeness (QED) is 0.857. The molecule has 0 radical (unpaired) electrons. The third kappa shape index (κ3) is 4.87. The highest BCUT2D eigenvalue weighted by Gasteiger charge is 2.28. The number of ether oxygens (including phenoxy) is 2. The summed E-state index contributed by atoms with van der Waals surface area (Å²) in [5.41, 5.74) is 0.570. The molecule has 138 valence electrons. The van der Waals surface area contributed by atoms with Crippen molar-refractivity contribution in [3.63, 3.8) is 0 Å². The Balaban J connectivity index is 1.94. The van der Waals surface area contributed by atoms with E-state index in [1.54, 1.807) is 37.3 Å². The molecule has 1 heterocycles. The van der Waals surface area contributed by atoms with E-state index in [-0.39, 0.29) is 17.7 Å². The molecule has 2 rings (SSSR count). The number of carbonyl (C=O) groups is 2. The van der Waals surface area contributed by atoms with Gasteiger partial charge in [0, 0.05) is 31.1 Å². The summed E-state index contributed by atoms with van der Waals surface area (Å²) >= 11 is 0. The van der Waals surface area contributed by atoms with Crippen molar-refractivity contribution >= 4 is 11.8 Å². The molecular formula is C19H28N2O4. The molecule has 0 saturated carbocycles. The first kappa shape index (κ1) is 19.1. The zero-order chi connectivity index (χ0) is 18.4. The summed E-state index contributed by atoms with van der Waals surface area (Å²) < 4.78 is 10.5. The van der Waals surface area contributed by atoms with Crippen LogP contribution in [0.2, 0.25) is 0 Å². The van der Waals surface area contributed by atoms with Crippen LogP contribution in [0.4, 0.5) is 0 Å². The second-order valence-electron chi connectivity index (χ2n) is 6.78. The van der Waals surface area contributed by atoms with Crippen molar-refractivity contribution in [2.24, 2.45) is 11.8 Å². The van der Waals surface area contributed by atoms with Gasteiger partial charge in [-0.2, -0.15) is 0 Å². The molecule has 6 heteroatoms. The highest BCUT2D eigenvalue weighted by molar-refractivity contribution is 5.95. The molecule has 1 aliphatic heterocycles. The predicted octanol–water partition coefficient (Wildman–Crippen LogP) is 2.33. The lowest BCUT2D eigenvalue weighted by molar-refractivity contribution is -0.126. The molecular weight excluding hydrogens is 320 g/mol. The maximum atomic E-state index is 12.7. The molecule has 0 spiro atoms. The first-order valence-corrected chi connectivity index (χ1v) is 8.75. The van der Waals surface area contributed by atoms with E-state index in [9.17, 15) is 9.59 Å². The number of carbonyl (C=O) groups excluding carboxylic acids is 2. The van der Waals surface area contributed by atoms with Gasteiger partial charge in [0.2, 0.25) is 5.91 Å². The summed E-state index contributed by atoms with van der Waals surface area (Å²) in [6.45, 7) is 6.03. The maximum absolute atomic E-state index is 12.7.